The van der Waals surface area contributed by atoms with Gasteiger partial charge in [0.15, 0.2) is 0 Å². The van der Waals surface area contributed by atoms with E-state index in [2.05, 4.69) is 4.98 Å². The van der Waals surface area contributed by atoms with Gasteiger partial charge in [-0.25, -0.2) is 4.39 Å². The summed E-state index contributed by atoms with van der Waals surface area (Å²) >= 11 is 0. The highest BCUT2D eigenvalue weighted by atomic mass is 19.1. The predicted molar refractivity (Wildman–Crippen MR) is 56.3 cm³/mol. The van der Waals surface area contributed by atoms with Gasteiger partial charge in [-0.2, -0.15) is 0 Å². The van der Waals surface area contributed by atoms with Gasteiger partial charge >= 0.3 is 0 Å². The molecule has 16 heavy (non-hydrogen) atoms. The van der Waals surface area contributed by atoms with Crippen LogP contribution in [0, 0.1) is 15.9 Å². The Kier molecular flexibility index (Phi) is 2.59. The number of halogens is 1. The van der Waals surface area contributed by atoms with E-state index in [-0.39, 0.29) is 11.3 Å². The van der Waals surface area contributed by atoms with Crippen LogP contribution in [-0.2, 0) is 0 Å². The van der Waals surface area contributed by atoms with Crippen LogP contribution in [0.4, 0.5) is 10.1 Å². The number of pyridine rings is 1. The standard InChI is InChI=1S/C11H7FN2O2/c12-9-1-2-11(14(15)16)10(7-9)8-3-5-13-6-4-8/h1-7H. The van der Waals surface area contributed by atoms with E-state index in [0.717, 1.165) is 18.2 Å². The van der Waals surface area contributed by atoms with E-state index in [9.17, 15) is 14.5 Å². The van der Waals surface area contributed by atoms with Crippen LogP contribution < -0.4 is 0 Å². The fourth-order valence-electron chi connectivity index (χ4n) is 1.43. The topological polar surface area (TPSA) is 56.0 Å². The summed E-state index contributed by atoms with van der Waals surface area (Å²) in [5.41, 5.74) is 0.709. The van der Waals surface area contributed by atoms with Crippen molar-refractivity contribution in [2.45, 2.75) is 0 Å². The summed E-state index contributed by atoms with van der Waals surface area (Å²) in [7, 11) is 0. The quantitative estimate of drug-likeness (QED) is 0.575. The first-order chi connectivity index (χ1) is 7.68. The zero-order valence-electron chi connectivity index (χ0n) is 8.13. The van der Waals surface area contributed by atoms with Gasteiger partial charge in [-0.3, -0.25) is 15.1 Å². The smallest absolute Gasteiger partial charge is 0.265 e. The van der Waals surface area contributed by atoms with Gasteiger partial charge in [-0.05, 0) is 29.8 Å². The van der Waals surface area contributed by atoms with E-state index in [1.54, 1.807) is 12.1 Å². The van der Waals surface area contributed by atoms with Gasteiger partial charge in [0.25, 0.3) is 5.69 Å². The summed E-state index contributed by atoms with van der Waals surface area (Å²) in [5, 5.41) is 10.8. The Bertz CT molecular complexity index is 529. The molecule has 0 saturated heterocycles. The van der Waals surface area contributed by atoms with Gasteiger partial charge in [-0.15, -0.1) is 0 Å². The molecule has 2 aromatic rings. The number of nitro groups is 1. The van der Waals surface area contributed by atoms with Crippen molar-refractivity contribution >= 4 is 5.69 Å². The summed E-state index contributed by atoms with van der Waals surface area (Å²) < 4.78 is 13.1. The Labute approximate surface area is 90.5 Å². The average molecular weight is 218 g/mol. The van der Waals surface area contributed by atoms with Crippen LogP contribution in [0.15, 0.2) is 42.7 Å². The maximum atomic E-state index is 13.1. The summed E-state index contributed by atoms with van der Waals surface area (Å²) in [6, 6.07) is 6.57. The molecule has 1 heterocycles. The molecule has 0 spiro atoms. The number of benzene rings is 1. The number of nitro benzene ring substituents is 1. The van der Waals surface area contributed by atoms with Gasteiger partial charge in [0.05, 0.1) is 10.5 Å². The average Bonchev–Trinajstić information content (AvgIpc) is 2.29. The van der Waals surface area contributed by atoms with E-state index in [1.807, 2.05) is 0 Å². The third kappa shape index (κ3) is 1.88. The second-order valence-corrected chi connectivity index (χ2v) is 3.15. The molecule has 0 bridgehead atoms. The van der Waals surface area contributed by atoms with Gasteiger partial charge in [0, 0.05) is 18.5 Å². The number of hydrogen-bond acceptors (Lipinski definition) is 3. The third-order valence-electron chi connectivity index (χ3n) is 2.15. The zero-order valence-corrected chi connectivity index (χ0v) is 8.13. The molecule has 0 N–H and O–H groups in total. The lowest BCUT2D eigenvalue weighted by Gasteiger charge is -2.02. The van der Waals surface area contributed by atoms with E-state index < -0.39 is 10.7 Å². The minimum atomic E-state index is -0.533. The molecule has 0 atom stereocenters. The van der Waals surface area contributed by atoms with E-state index >= 15 is 0 Å². The second kappa shape index (κ2) is 4.06. The van der Waals surface area contributed by atoms with Gasteiger partial charge < -0.3 is 0 Å². The number of aromatic nitrogens is 1. The first-order valence-electron chi connectivity index (χ1n) is 4.53. The van der Waals surface area contributed by atoms with Crippen molar-refractivity contribution in [2.24, 2.45) is 0 Å². The normalized spacial score (nSPS) is 10.1. The fourth-order valence-corrected chi connectivity index (χ4v) is 1.43. The van der Waals surface area contributed by atoms with Crippen molar-refractivity contribution in [1.29, 1.82) is 0 Å². The summed E-state index contributed by atoms with van der Waals surface area (Å²) in [6.07, 6.45) is 3.01. The molecule has 2 rings (SSSR count). The Balaban J connectivity index is 2.63. The first-order valence-corrected chi connectivity index (χ1v) is 4.53. The number of hydrogen-bond donors (Lipinski definition) is 0. The van der Waals surface area contributed by atoms with Crippen LogP contribution >= 0.6 is 0 Å². The second-order valence-electron chi connectivity index (χ2n) is 3.15. The highest BCUT2D eigenvalue weighted by Gasteiger charge is 2.15. The summed E-state index contributed by atoms with van der Waals surface area (Å²) in [6.45, 7) is 0. The largest absolute Gasteiger partial charge is 0.277 e. The van der Waals surface area contributed by atoms with Gasteiger partial charge in [0.1, 0.15) is 5.82 Å². The molecule has 0 aliphatic heterocycles. The van der Waals surface area contributed by atoms with E-state index in [0.29, 0.717) is 5.56 Å². The van der Waals surface area contributed by atoms with Crippen LogP contribution in [0.5, 0.6) is 0 Å². The van der Waals surface area contributed by atoms with Crippen LogP contribution in [0.25, 0.3) is 11.1 Å². The Hall–Kier alpha value is -2.30. The van der Waals surface area contributed by atoms with Crippen molar-refractivity contribution in [1.82, 2.24) is 4.98 Å². The van der Waals surface area contributed by atoms with Crippen LogP contribution in [0.1, 0.15) is 0 Å². The maximum absolute atomic E-state index is 13.1. The Morgan fingerprint density at radius 2 is 1.88 bits per heavy atom. The molecule has 4 nitrogen and oxygen atoms in total. The minimum absolute atomic E-state index is 0.118. The molecule has 0 aliphatic carbocycles. The maximum Gasteiger partial charge on any atom is 0.277 e. The lowest BCUT2D eigenvalue weighted by molar-refractivity contribution is -0.384. The highest BCUT2D eigenvalue weighted by Crippen LogP contribution is 2.29. The molecule has 0 unspecified atom stereocenters. The molecular formula is C11H7FN2O2. The zero-order chi connectivity index (χ0) is 11.5. The Morgan fingerprint density at radius 3 is 2.50 bits per heavy atom. The third-order valence-corrected chi connectivity index (χ3v) is 2.15. The highest BCUT2D eigenvalue weighted by molar-refractivity contribution is 5.73. The predicted octanol–water partition coefficient (Wildman–Crippen LogP) is 2.80. The number of rotatable bonds is 2. The SMILES string of the molecule is O=[N+]([O-])c1ccc(F)cc1-c1ccncc1. The lowest BCUT2D eigenvalue weighted by atomic mass is 10.1. The summed E-state index contributed by atoms with van der Waals surface area (Å²) in [5.74, 6) is -0.502. The summed E-state index contributed by atoms with van der Waals surface area (Å²) in [4.78, 5) is 14.0. The number of nitrogens with zero attached hydrogens (tertiary/aromatic N) is 2. The van der Waals surface area contributed by atoms with Crippen molar-refractivity contribution in [3.8, 4) is 11.1 Å². The molecule has 1 aromatic carbocycles. The molecule has 0 fully saturated rings. The van der Waals surface area contributed by atoms with Crippen molar-refractivity contribution < 1.29 is 9.31 Å². The molecule has 0 saturated carbocycles. The molecule has 0 radical (unpaired) electrons. The molecule has 0 amide bonds. The molecule has 80 valence electrons. The molecule has 1 aromatic heterocycles. The first kappa shape index (κ1) is 10.2. The fraction of sp³-hybridized carbons (Fsp3) is 0. The van der Waals surface area contributed by atoms with Gasteiger partial charge in [-0.1, -0.05) is 0 Å². The van der Waals surface area contributed by atoms with Crippen LogP contribution in [0.2, 0.25) is 0 Å². The van der Waals surface area contributed by atoms with Crippen molar-refractivity contribution in [3.05, 3.63) is 58.7 Å². The monoisotopic (exact) mass is 218 g/mol. The molecule has 5 heteroatoms. The van der Waals surface area contributed by atoms with Crippen LogP contribution in [-0.4, -0.2) is 9.91 Å². The lowest BCUT2D eigenvalue weighted by Crippen LogP contribution is -1.92. The minimum Gasteiger partial charge on any atom is -0.265 e. The van der Waals surface area contributed by atoms with Crippen molar-refractivity contribution in [2.75, 3.05) is 0 Å². The van der Waals surface area contributed by atoms with E-state index in [1.165, 1.54) is 12.4 Å². The van der Waals surface area contributed by atoms with E-state index in [4.69, 9.17) is 0 Å². The molecule has 0 aliphatic rings. The Morgan fingerprint density at radius 1 is 1.19 bits per heavy atom. The van der Waals surface area contributed by atoms with Crippen molar-refractivity contribution in [3.63, 3.8) is 0 Å². The molecular weight excluding hydrogens is 211 g/mol. The van der Waals surface area contributed by atoms with Crippen LogP contribution in [0.3, 0.4) is 0 Å². The van der Waals surface area contributed by atoms with Gasteiger partial charge in [0.2, 0.25) is 0 Å².